The normalized spacial score (nSPS) is 10.8. The summed E-state index contributed by atoms with van der Waals surface area (Å²) in [6, 6.07) is 19.9. The van der Waals surface area contributed by atoms with Crippen LogP contribution < -0.4 is 5.32 Å². The summed E-state index contributed by atoms with van der Waals surface area (Å²) in [4.78, 5) is 25.8. The molecule has 3 aromatic carbocycles. The number of carbonyl (C=O) groups is 2. The summed E-state index contributed by atoms with van der Waals surface area (Å²) in [5.41, 5.74) is -0.834. The number of hydrogen-bond acceptors (Lipinski definition) is 5. The Morgan fingerprint density at radius 3 is 2.28 bits per heavy atom. The van der Waals surface area contributed by atoms with E-state index in [9.17, 15) is 28.0 Å². The lowest BCUT2D eigenvalue weighted by atomic mass is 10.1. The van der Waals surface area contributed by atoms with E-state index in [-0.39, 0.29) is 5.56 Å². The van der Waals surface area contributed by atoms with Gasteiger partial charge in [-0.05, 0) is 36.4 Å². The zero-order valence-corrected chi connectivity index (χ0v) is 17.2. The average molecular weight is 456 g/mol. The molecule has 0 saturated carbocycles. The third-order valence-electron chi connectivity index (χ3n) is 4.18. The number of ether oxygens (including phenoxy) is 1. The first-order chi connectivity index (χ1) is 15.3. The molecule has 0 atom stereocenters. The molecule has 0 saturated heterocycles. The van der Waals surface area contributed by atoms with Gasteiger partial charge in [0.25, 0.3) is 5.91 Å². The number of nitrogens with zero attached hydrogens (tertiary/aromatic N) is 1. The van der Waals surface area contributed by atoms with E-state index in [1.807, 2.05) is 0 Å². The van der Waals surface area contributed by atoms with Gasteiger partial charge >= 0.3 is 12.1 Å². The lowest BCUT2D eigenvalue weighted by molar-refractivity contribution is -0.137. The maximum absolute atomic E-state index is 13.1. The molecular weight excluding hydrogens is 441 g/mol. The first-order valence-corrected chi connectivity index (χ1v) is 10.0. The molecule has 9 heteroatoms. The fourth-order valence-electron chi connectivity index (χ4n) is 2.73. The molecule has 0 radical (unpaired) electrons. The van der Waals surface area contributed by atoms with Crippen LogP contribution in [0.15, 0.2) is 82.6 Å². The molecule has 0 aliphatic rings. The van der Waals surface area contributed by atoms with Crippen molar-refractivity contribution in [3.63, 3.8) is 0 Å². The van der Waals surface area contributed by atoms with Crippen LogP contribution in [0.2, 0.25) is 0 Å². The van der Waals surface area contributed by atoms with Crippen LogP contribution in [-0.2, 0) is 15.7 Å². The molecule has 0 aliphatic heterocycles. The van der Waals surface area contributed by atoms with Gasteiger partial charge in [0.1, 0.15) is 6.07 Å². The highest BCUT2D eigenvalue weighted by atomic mass is 32.2. The van der Waals surface area contributed by atoms with Crippen molar-refractivity contribution < 1.29 is 27.5 Å². The van der Waals surface area contributed by atoms with Gasteiger partial charge in [-0.15, -0.1) is 0 Å². The first-order valence-electron chi connectivity index (χ1n) is 9.19. The molecule has 3 aromatic rings. The molecule has 0 aliphatic carbocycles. The van der Waals surface area contributed by atoms with Crippen LogP contribution in [0.25, 0.3) is 0 Å². The molecule has 5 nitrogen and oxygen atoms in total. The maximum atomic E-state index is 13.1. The van der Waals surface area contributed by atoms with Crippen molar-refractivity contribution in [3.8, 4) is 6.07 Å². The van der Waals surface area contributed by atoms with Gasteiger partial charge < -0.3 is 10.1 Å². The molecule has 1 N–H and O–H groups in total. The molecule has 0 spiro atoms. The maximum Gasteiger partial charge on any atom is 0.418 e. The molecule has 1 amide bonds. The number of nitrogens with one attached hydrogen (secondary N) is 1. The first kappa shape index (κ1) is 22.9. The highest BCUT2D eigenvalue weighted by Crippen LogP contribution is 2.35. The summed E-state index contributed by atoms with van der Waals surface area (Å²) in [6.07, 6.45) is -4.64. The fraction of sp³-hybridized carbons (Fsp3) is 0.0870. The van der Waals surface area contributed by atoms with Crippen molar-refractivity contribution in [3.05, 3.63) is 89.5 Å². The number of esters is 1. The standard InChI is InChI=1S/C23H15F3N2O3S/c24-23(25,26)17-9-3-4-10-18(17)28-21(29)14-31-22(30)16-8-2-6-12-20(16)32-19-11-5-1-7-15(19)13-27/h1-12H,14H2,(H,28,29). The predicted octanol–water partition coefficient (Wildman–Crippen LogP) is 5.52. The minimum Gasteiger partial charge on any atom is -0.452 e. The van der Waals surface area contributed by atoms with Gasteiger partial charge in [-0.1, -0.05) is 48.2 Å². The van der Waals surface area contributed by atoms with E-state index in [1.165, 1.54) is 30.0 Å². The highest BCUT2D eigenvalue weighted by molar-refractivity contribution is 7.99. The third-order valence-corrected chi connectivity index (χ3v) is 5.33. The molecule has 0 unspecified atom stereocenters. The summed E-state index contributed by atoms with van der Waals surface area (Å²) in [5.74, 6) is -1.73. The Labute approximate surface area is 185 Å². The van der Waals surface area contributed by atoms with Crippen molar-refractivity contribution in [1.82, 2.24) is 0 Å². The van der Waals surface area contributed by atoms with Crippen LogP contribution in [0.1, 0.15) is 21.5 Å². The highest BCUT2D eigenvalue weighted by Gasteiger charge is 2.33. The van der Waals surface area contributed by atoms with Crippen molar-refractivity contribution in [2.75, 3.05) is 11.9 Å². The minimum atomic E-state index is -4.64. The second-order valence-electron chi connectivity index (χ2n) is 6.37. The number of alkyl halides is 3. The van der Waals surface area contributed by atoms with Crippen LogP contribution in [0.4, 0.5) is 18.9 Å². The zero-order valence-electron chi connectivity index (χ0n) is 16.3. The van der Waals surface area contributed by atoms with Crippen LogP contribution in [0.5, 0.6) is 0 Å². The number of rotatable bonds is 6. The molecule has 162 valence electrons. The topological polar surface area (TPSA) is 79.2 Å². The summed E-state index contributed by atoms with van der Waals surface area (Å²) < 4.78 is 44.2. The van der Waals surface area contributed by atoms with Gasteiger partial charge in [0.15, 0.2) is 6.61 Å². The number of halogens is 3. The second kappa shape index (κ2) is 10.0. The fourth-order valence-corrected chi connectivity index (χ4v) is 3.74. The van der Waals surface area contributed by atoms with Gasteiger partial charge in [0.2, 0.25) is 0 Å². The second-order valence-corrected chi connectivity index (χ2v) is 7.46. The van der Waals surface area contributed by atoms with Gasteiger partial charge in [-0.2, -0.15) is 18.4 Å². The van der Waals surface area contributed by atoms with E-state index in [0.29, 0.717) is 15.4 Å². The Morgan fingerprint density at radius 2 is 1.56 bits per heavy atom. The Balaban J connectivity index is 1.69. The molecule has 0 heterocycles. The largest absolute Gasteiger partial charge is 0.452 e. The van der Waals surface area contributed by atoms with Crippen LogP contribution >= 0.6 is 11.8 Å². The average Bonchev–Trinajstić information content (AvgIpc) is 2.78. The number of hydrogen-bond donors (Lipinski definition) is 1. The van der Waals surface area contributed by atoms with E-state index in [0.717, 1.165) is 12.1 Å². The number of anilines is 1. The minimum absolute atomic E-state index is 0.161. The Hall–Kier alpha value is -3.77. The van der Waals surface area contributed by atoms with Gasteiger partial charge in [-0.25, -0.2) is 4.79 Å². The number of benzene rings is 3. The van der Waals surface area contributed by atoms with Crippen molar-refractivity contribution in [2.24, 2.45) is 0 Å². The lowest BCUT2D eigenvalue weighted by Crippen LogP contribution is -2.23. The van der Waals surface area contributed by atoms with Crippen molar-refractivity contribution >= 4 is 29.3 Å². The van der Waals surface area contributed by atoms with Crippen molar-refractivity contribution in [1.29, 1.82) is 5.26 Å². The van der Waals surface area contributed by atoms with Gasteiger partial charge in [0, 0.05) is 9.79 Å². The quantitative estimate of drug-likeness (QED) is 0.494. The molecular formula is C23H15F3N2O3S. The summed E-state index contributed by atoms with van der Waals surface area (Å²) >= 11 is 1.19. The predicted molar refractivity (Wildman–Crippen MR) is 112 cm³/mol. The van der Waals surface area contributed by atoms with Gasteiger partial charge in [0.05, 0.1) is 22.4 Å². The van der Waals surface area contributed by atoms with E-state index in [1.54, 1.807) is 42.5 Å². The lowest BCUT2D eigenvalue weighted by Gasteiger charge is -2.14. The molecule has 3 rings (SSSR count). The van der Waals surface area contributed by atoms with E-state index in [2.05, 4.69) is 11.4 Å². The third kappa shape index (κ3) is 5.68. The number of para-hydroxylation sites is 1. The monoisotopic (exact) mass is 456 g/mol. The van der Waals surface area contributed by atoms with Crippen LogP contribution in [0.3, 0.4) is 0 Å². The summed E-state index contributed by atoms with van der Waals surface area (Å²) in [5, 5.41) is 11.4. The van der Waals surface area contributed by atoms with E-state index >= 15 is 0 Å². The van der Waals surface area contributed by atoms with Crippen LogP contribution in [-0.4, -0.2) is 18.5 Å². The van der Waals surface area contributed by atoms with E-state index in [4.69, 9.17) is 4.74 Å². The number of nitriles is 1. The molecule has 0 aromatic heterocycles. The van der Waals surface area contributed by atoms with Gasteiger partial charge in [-0.3, -0.25) is 4.79 Å². The molecule has 0 fully saturated rings. The van der Waals surface area contributed by atoms with E-state index < -0.39 is 35.9 Å². The molecule has 32 heavy (non-hydrogen) atoms. The Morgan fingerprint density at radius 1 is 0.938 bits per heavy atom. The smallest absolute Gasteiger partial charge is 0.418 e. The number of carbonyl (C=O) groups excluding carboxylic acids is 2. The SMILES string of the molecule is N#Cc1ccccc1Sc1ccccc1C(=O)OCC(=O)Nc1ccccc1C(F)(F)F. The Bertz CT molecular complexity index is 1190. The summed E-state index contributed by atoms with van der Waals surface area (Å²) in [6.45, 7) is -0.765. The molecule has 0 bridgehead atoms. The number of amides is 1. The van der Waals surface area contributed by atoms with Crippen LogP contribution in [0, 0.1) is 11.3 Å². The summed E-state index contributed by atoms with van der Waals surface area (Å²) in [7, 11) is 0. The Kier molecular flexibility index (Phi) is 7.18. The zero-order chi connectivity index (χ0) is 23.1. The van der Waals surface area contributed by atoms with Crippen molar-refractivity contribution in [2.45, 2.75) is 16.0 Å².